The number of hydrogen-bond acceptors (Lipinski definition) is 0. The predicted octanol–water partition coefficient (Wildman–Crippen LogP) is 3.70. The molecule has 0 radical (unpaired) electrons. The van der Waals surface area contributed by atoms with Crippen LogP contribution in [0.15, 0.2) is 23.0 Å². The summed E-state index contributed by atoms with van der Waals surface area (Å²) in [6.07, 6.45) is 8.41. The molecule has 1 heterocycles. The maximum absolute atomic E-state index is 2.55. The van der Waals surface area contributed by atoms with Gasteiger partial charge in [0.25, 0.3) is 0 Å². The smallest absolute Gasteiger partial charge is 0.00145 e. The fraction of sp³-hybridized carbons (Fsp3) is 0.667. The standard InChI is InChI=1S/C12H17P/c1-8-12(10-4-5-10)6-11(7-13-8)9-2-3-9/h6-10,13H,2-5H2,1H3/t8-/m0/s1. The summed E-state index contributed by atoms with van der Waals surface area (Å²) in [5, 5.41) is 0. The lowest BCUT2D eigenvalue weighted by Gasteiger charge is -2.20. The second-order valence-electron chi connectivity index (χ2n) is 4.73. The maximum Gasteiger partial charge on any atom is -0.00145 e. The molecule has 2 fully saturated rings. The first-order valence-corrected chi connectivity index (χ1v) is 6.67. The van der Waals surface area contributed by atoms with Crippen LogP contribution in [0.2, 0.25) is 0 Å². The summed E-state index contributed by atoms with van der Waals surface area (Å²) in [6, 6.07) is 0. The molecule has 1 aliphatic heterocycles. The van der Waals surface area contributed by atoms with E-state index in [2.05, 4.69) is 18.8 Å². The zero-order valence-corrected chi connectivity index (χ0v) is 9.22. The van der Waals surface area contributed by atoms with Gasteiger partial charge >= 0.3 is 0 Å². The molecule has 13 heavy (non-hydrogen) atoms. The van der Waals surface area contributed by atoms with Crippen LogP contribution in [-0.4, -0.2) is 5.66 Å². The molecular formula is C12H17P. The quantitative estimate of drug-likeness (QED) is 0.585. The van der Waals surface area contributed by atoms with E-state index >= 15 is 0 Å². The van der Waals surface area contributed by atoms with Crippen LogP contribution < -0.4 is 0 Å². The van der Waals surface area contributed by atoms with E-state index in [9.17, 15) is 0 Å². The number of allylic oxidation sites excluding steroid dienone is 3. The van der Waals surface area contributed by atoms with Gasteiger partial charge in [-0.2, -0.15) is 0 Å². The Labute approximate surface area is 82.3 Å². The van der Waals surface area contributed by atoms with E-state index in [0.717, 1.165) is 26.1 Å². The molecular weight excluding hydrogens is 175 g/mol. The Morgan fingerprint density at radius 2 is 1.85 bits per heavy atom. The lowest BCUT2D eigenvalue weighted by Crippen LogP contribution is -2.05. The van der Waals surface area contributed by atoms with Crippen LogP contribution in [0.5, 0.6) is 0 Å². The highest BCUT2D eigenvalue weighted by atomic mass is 31.1. The van der Waals surface area contributed by atoms with Crippen molar-refractivity contribution in [3.8, 4) is 0 Å². The van der Waals surface area contributed by atoms with Gasteiger partial charge in [0.05, 0.1) is 0 Å². The molecule has 0 bridgehead atoms. The van der Waals surface area contributed by atoms with Crippen molar-refractivity contribution in [2.75, 3.05) is 0 Å². The zero-order valence-electron chi connectivity index (χ0n) is 8.22. The van der Waals surface area contributed by atoms with E-state index in [1.54, 1.807) is 11.1 Å². The Morgan fingerprint density at radius 3 is 2.46 bits per heavy atom. The molecule has 0 saturated heterocycles. The van der Waals surface area contributed by atoms with Crippen molar-refractivity contribution < 1.29 is 0 Å². The van der Waals surface area contributed by atoms with Crippen molar-refractivity contribution in [3.63, 3.8) is 0 Å². The fourth-order valence-electron chi connectivity index (χ4n) is 2.22. The minimum Gasteiger partial charge on any atom is -0.0910 e. The van der Waals surface area contributed by atoms with Gasteiger partial charge in [-0.05, 0) is 48.8 Å². The molecule has 0 nitrogen and oxygen atoms in total. The Kier molecular flexibility index (Phi) is 1.87. The van der Waals surface area contributed by atoms with Crippen LogP contribution in [0.1, 0.15) is 32.6 Å². The minimum atomic E-state index is 0.870. The van der Waals surface area contributed by atoms with Gasteiger partial charge in [0.15, 0.2) is 0 Å². The Balaban J connectivity index is 1.83. The molecule has 0 aromatic carbocycles. The van der Waals surface area contributed by atoms with E-state index in [4.69, 9.17) is 0 Å². The molecule has 2 atom stereocenters. The molecule has 0 aromatic heterocycles. The summed E-state index contributed by atoms with van der Waals surface area (Å²) in [5.74, 6) is 4.48. The highest BCUT2D eigenvalue weighted by Gasteiger charge is 2.33. The van der Waals surface area contributed by atoms with E-state index in [-0.39, 0.29) is 0 Å². The first kappa shape index (κ1) is 8.24. The largest absolute Gasteiger partial charge is 0.0910 e. The molecule has 0 aromatic rings. The van der Waals surface area contributed by atoms with Gasteiger partial charge in [0.1, 0.15) is 0 Å². The molecule has 70 valence electrons. The van der Waals surface area contributed by atoms with Crippen LogP contribution >= 0.6 is 8.58 Å². The third-order valence-electron chi connectivity index (χ3n) is 3.43. The van der Waals surface area contributed by atoms with Gasteiger partial charge in [-0.15, -0.1) is 0 Å². The fourth-order valence-corrected chi connectivity index (χ4v) is 3.49. The molecule has 2 aliphatic carbocycles. The molecule has 0 spiro atoms. The summed E-state index contributed by atoms with van der Waals surface area (Å²) in [5.41, 5.74) is 4.36. The number of hydrogen-bond donors (Lipinski definition) is 0. The van der Waals surface area contributed by atoms with Gasteiger partial charge in [0.2, 0.25) is 0 Å². The van der Waals surface area contributed by atoms with Crippen LogP contribution in [0.3, 0.4) is 0 Å². The van der Waals surface area contributed by atoms with Crippen LogP contribution in [0, 0.1) is 11.8 Å². The van der Waals surface area contributed by atoms with Crippen molar-refractivity contribution in [1.29, 1.82) is 0 Å². The summed E-state index contributed by atoms with van der Waals surface area (Å²) >= 11 is 0. The highest BCUT2D eigenvalue weighted by Crippen LogP contribution is 2.50. The Morgan fingerprint density at radius 1 is 1.15 bits per heavy atom. The zero-order chi connectivity index (χ0) is 8.84. The second kappa shape index (κ2) is 2.95. The first-order valence-electron chi connectivity index (χ1n) is 5.52. The topological polar surface area (TPSA) is 0 Å². The third kappa shape index (κ3) is 1.62. The molecule has 3 rings (SSSR count). The van der Waals surface area contributed by atoms with E-state index < -0.39 is 0 Å². The summed E-state index contributed by atoms with van der Waals surface area (Å²) in [6.45, 7) is 2.41. The summed E-state index contributed by atoms with van der Waals surface area (Å²) < 4.78 is 0. The Bertz CT molecular complexity index is 279. The van der Waals surface area contributed by atoms with Crippen molar-refractivity contribution in [3.05, 3.63) is 23.0 Å². The molecule has 3 aliphatic rings. The van der Waals surface area contributed by atoms with E-state index in [1.807, 2.05) is 0 Å². The average molecular weight is 192 g/mol. The predicted molar refractivity (Wildman–Crippen MR) is 59.4 cm³/mol. The van der Waals surface area contributed by atoms with Gasteiger partial charge < -0.3 is 0 Å². The van der Waals surface area contributed by atoms with Gasteiger partial charge in [0, 0.05) is 0 Å². The van der Waals surface area contributed by atoms with Crippen molar-refractivity contribution >= 4 is 8.58 Å². The SMILES string of the molecule is C[C@@H]1PC=C(C2CC2)C=C1C1CC1. The van der Waals surface area contributed by atoms with Gasteiger partial charge in [-0.25, -0.2) is 0 Å². The normalized spacial score (nSPS) is 35.9. The van der Waals surface area contributed by atoms with Crippen molar-refractivity contribution in [2.24, 2.45) is 11.8 Å². The van der Waals surface area contributed by atoms with Crippen molar-refractivity contribution in [1.82, 2.24) is 0 Å². The molecule has 2 saturated carbocycles. The Hall–Kier alpha value is -0.0900. The van der Waals surface area contributed by atoms with Crippen LogP contribution in [0.4, 0.5) is 0 Å². The molecule has 0 N–H and O–H groups in total. The summed E-state index contributed by atoms with van der Waals surface area (Å²) in [4.78, 5) is 0. The molecule has 0 amide bonds. The highest BCUT2D eigenvalue weighted by molar-refractivity contribution is 7.43. The lowest BCUT2D eigenvalue weighted by atomic mass is 10.0. The molecule has 1 heteroatoms. The summed E-state index contributed by atoms with van der Waals surface area (Å²) in [7, 11) is 1.07. The van der Waals surface area contributed by atoms with Gasteiger partial charge in [-0.3, -0.25) is 0 Å². The maximum atomic E-state index is 2.55. The lowest BCUT2D eigenvalue weighted by molar-refractivity contribution is 0.901. The molecule has 1 unspecified atom stereocenters. The minimum absolute atomic E-state index is 0.870. The monoisotopic (exact) mass is 192 g/mol. The van der Waals surface area contributed by atoms with Crippen LogP contribution in [-0.2, 0) is 0 Å². The van der Waals surface area contributed by atoms with E-state index in [0.29, 0.717) is 0 Å². The average Bonchev–Trinajstić information content (AvgIpc) is 3.00. The number of rotatable bonds is 2. The van der Waals surface area contributed by atoms with Crippen molar-refractivity contribution in [2.45, 2.75) is 38.3 Å². The van der Waals surface area contributed by atoms with E-state index in [1.165, 1.54) is 25.7 Å². The van der Waals surface area contributed by atoms with Crippen LogP contribution in [0.25, 0.3) is 0 Å². The first-order chi connectivity index (χ1) is 6.34. The van der Waals surface area contributed by atoms with Gasteiger partial charge in [-0.1, -0.05) is 33.0 Å². The third-order valence-corrected chi connectivity index (χ3v) is 4.76. The second-order valence-corrected chi connectivity index (χ2v) is 6.21.